The van der Waals surface area contributed by atoms with Crippen LogP contribution in [0.15, 0.2) is 29.6 Å². The molecule has 1 atom stereocenters. The Morgan fingerprint density at radius 2 is 1.85 bits per heavy atom. The standard InChI is InChI=1S/C28H35N6O4S/c1-16(2)12-20(14-35)33(25(36)22-15-39-28(30-22)32(13-17(3)4)19-10-11-19)26(37)24-18(5)21-8-6-7-9-23(21)34(24)27(38)31-29/h6-9,15-17,19-20H,10-13,29H2,1-5H3,(H,31,38)/t20-/m0/s1. The van der Waals surface area contributed by atoms with E-state index in [9.17, 15) is 19.2 Å². The van der Waals surface area contributed by atoms with E-state index in [4.69, 9.17) is 5.84 Å². The average molecular weight is 552 g/mol. The van der Waals surface area contributed by atoms with Gasteiger partial charge in [0.2, 0.25) is 6.29 Å². The van der Waals surface area contributed by atoms with Gasteiger partial charge in [-0.3, -0.25) is 29.3 Å². The van der Waals surface area contributed by atoms with Gasteiger partial charge in [-0.05, 0) is 49.7 Å². The van der Waals surface area contributed by atoms with Crippen molar-refractivity contribution in [3.8, 4) is 0 Å². The topological polar surface area (TPSA) is 131 Å². The summed E-state index contributed by atoms with van der Waals surface area (Å²) in [4.78, 5) is 61.0. The highest BCUT2D eigenvalue weighted by Gasteiger charge is 2.38. The third-order valence-electron chi connectivity index (χ3n) is 6.74. The van der Waals surface area contributed by atoms with Crippen LogP contribution in [0, 0.1) is 18.8 Å². The predicted octanol–water partition coefficient (Wildman–Crippen LogP) is 4.27. The third-order valence-corrected chi connectivity index (χ3v) is 7.62. The lowest BCUT2D eigenvalue weighted by Gasteiger charge is -2.27. The number of carbonyl (C=O) groups excluding carboxylic acids is 4. The van der Waals surface area contributed by atoms with Gasteiger partial charge in [0.25, 0.3) is 11.8 Å². The van der Waals surface area contributed by atoms with Crippen LogP contribution in [0.25, 0.3) is 10.9 Å². The monoisotopic (exact) mass is 551 g/mol. The second-order valence-electron chi connectivity index (χ2n) is 10.8. The van der Waals surface area contributed by atoms with Gasteiger partial charge in [0.05, 0.1) is 5.52 Å². The molecule has 2 aromatic heterocycles. The number of nitrogens with one attached hydrogen (secondary N) is 1. The van der Waals surface area contributed by atoms with Crippen LogP contribution in [-0.2, 0) is 4.79 Å². The molecule has 0 unspecified atom stereocenters. The van der Waals surface area contributed by atoms with Crippen LogP contribution in [0.1, 0.15) is 73.5 Å². The van der Waals surface area contributed by atoms with E-state index in [1.54, 1.807) is 36.6 Å². The van der Waals surface area contributed by atoms with Gasteiger partial charge >= 0.3 is 6.03 Å². The molecule has 1 fully saturated rings. The number of thiazole rings is 1. The molecule has 11 heteroatoms. The molecule has 1 saturated carbocycles. The first-order valence-corrected chi connectivity index (χ1v) is 14.1. The van der Waals surface area contributed by atoms with Crippen molar-refractivity contribution >= 4 is 51.5 Å². The minimum Gasteiger partial charge on any atom is -0.345 e. The van der Waals surface area contributed by atoms with E-state index in [1.165, 1.54) is 11.3 Å². The van der Waals surface area contributed by atoms with Crippen molar-refractivity contribution in [3.63, 3.8) is 0 Å². The van der Waals surface area contributed by atoms with Gasteiger partial charge in [-0.2, -0.15) is 0 Å². The zero-order valence-corrected chi connectivity index (χ0v) is 23.7. The van der Waals surface area contributed by atoms with Crippen LogP contribution in [0.5, 0.6) is 0 Å². The number of para-hydroxylation sites is 1. The number of nitrogens with two attached hydrogens (primary N) is 1. The van der Waals surface area contributed by atoms with Crippen LogP contribution < -0.4 is 16.2 Å². The van der Waals surface area contributed by atoms with Crippen molar-refractivity contribution in [2.45, 2.75) is 66.0 Å². The number of anilines is 1. The van der Waals surface area contributed by atoms with Crippen LogP contribution in [-0.4, -0.2) is 57.2 Å². The Morgan fingerprint density at radius 3 is 2.44 bits per heavy atom. The molecule has 10 nitrogen and oxygen atoms in total. The molecule has 207 valence electrons. The fraction of sp³-hybridized carbons (Fsp3) is 0.464. The lowest BCUT2D eigenvalue weighted by atomic mass is 10.0. The molecule has 39 heavy (non-hydrogen) atoms. The smallest absolute Gasteiger partial charge is 0.340 e. The summed E-state index contributed by atoms with van der Waals surface area (Å²) in [5.41, 5.74) is 3.05. The second-order valence-corrected chi connectivity index (χ2v) is 11.6. The summed E-state index contributed by atoms with van der Waals surface area (Å²) in [6.07, 6.45) is 4.26. The number of fused-ring (bicyclic) bond motifs is 1. The molecule has 0 spiro atoms. The van der Waals surface area contributed by atoms with E-state index in [0.29, 0.717) is 33.6 Å². The average Bonchev–Trinajstić information content (AvgIpc) is 3.55. The fourth-order valence-corrected chi connectivity index (χ4v) is 5.74. The summed E-state index contributed by atoms with van der Waals surface area (Å²) in [6.45, 7) is 10.5. The van der Waals surface area contributed by atoms with Crippen LogP contribution in [0.3, 0.4) is 0 Å². The van der Waals surface area contributed by atoms with Gasteiger partial charge in [-0.25, -0.2) is 15.6 Å². The Morgan fingerprint density at radius 1 is 1.15 bits per heavy atom. The fourth-order valence-electron chi connectivity index (χ4n) is 4.86. The lowest BCUT2D eigenvalue weighted by Crippen LogP contribution is -2.48. The van der Waals surface area contributed by atoms with E-state index in [2.05, 4.69) is 29.2 Å². The summed E-state index contributed by atoms with van der Waals surface area (Å²) in [6, 6.07) is 5.47. The third kappa shape index (κ3) is 5.74. The molecular weight excluding hydrogens is 516 g/mol. The zero-order valence-electron chi connectivity index (χ0n) is 22.9. The minimum absolute atomic E-state index is 0.0127. The molecule has 1 aliphatic carbocycles. The molecule has 0 aliphatic heterocycles. The molecule has 2 heterocycles. The molecule has 3 N–H and O–H groups in total. The van der Waals surface area contributed by atoms with E-state index < -0.39 is 23.9 Å². The van der Waals surface area contributed by atoms with Crippen molar-refractivity contribution in [1.82, 2.24) is 19.9 Å². The van der Waals surface area contributed by atoms with Crippen LogP contribution in [0.4, 0.5) is 9.93 Å². The molecule has 3 aromatic rings. The first-order chi connectivity index (χ1) is 18.6. The maximum absolute atomic E-state index is 14.2. The first-order valence-electron chi connectivity index (χ1n) is 13.2. The van der Waals surface area contributed by atoms with E-state index in [-0.39, 0.29) is 23.7 Å². The predicted molar refractivity (Wildman–Crippen MR) is 152 cm³/mol. The summed E-state index contributed by atoms with van der Waals surface area (Å²) < 4.78 is 1.15. The summed E-state index contributed by atoms with van der Waals surface area (Å²) in [5, 5.41) is 2.99. The number of hydrazine groups is 1. The van der Waals surface area contributed by atoms with E-state index >= 15 is 0 Å². The molecule has 0 saturated heterocycles. The molecule has 3 amide bonds. The van der Waals surface area contributed by atoms with E-state index in [1.807, 2.05) is 20.1 Å². The van der Waals surface area contributed by atoms with Gasteiger partial charge in [0.15, 0.2) is 5.13 Å². The maximum Gasteiger partial charge on any atom is 0.340 e. The largest absolute Gasteiger partial charge is 0.345 e. The quantitative estimate of drug-likeness (QED) is 0.167. The molecule has 4 rings (SSSR count). The number of carbonyl (C=O) groups is 3. The number of hydrogen-bond acceptors (Lipinski definition) is 8. The highest BCUT2D eigenvalue weighted by molar-refractivity contribution is 7.14. The molecule has 1 radical (unpaired) electrons. The zero-order chi connectivity index (χ0) is 28.4. The van der Waals surface area contributed by atoms with Crippen molar-refractivity contribution in [2.75, 3.05) is 11.4 Å². The van der Waals surface area contributed by atoms with Gasteiger partial charge in [-0.1, -0.05) is 45.9 Å². The van der Waals surface area contributed by atoms with Gasteiger partial charge in [0, 0.05) is 23.4 Å². The number of benzene rings is 1. The molecule has 0 bridgehead atoms. The molecule has 1 aliphatic rings. The van der Waals surface area contributed by atoms with Crippen molar-refractivity contribution in [1.29, 1.82) is 0 Å². The number of aromatic nitrogens is 2. The Hall–Kier alpha value is -3.57. The number of nitrogen functional groups attached to an aromatic ring is 1. The van der Waals surface area contributed by atoms with E-state index in [0.717, 1.165) is 28.9 Å². The Bertz CT molecular complexity index is 1390. The summed E-state index contributed by atoms with van der Waals surface area (Å²) in [5.74, 6) is 4.36. The van der Waals surface area contributed by atoms with Crippen LogP contribution in [0.2, 0.25) is 0 Å². The highest BCUT2D eigenvalue weighted by Crippen LogP contribution is 2.35. The Kier molecular flexibility index (Phi) is 8.51. The summed E-state index contributed by atoms with van der Waals surface area (Å²) in [7, 11) is 0. The van der Waals surface area contributed by atoms with Crippen LogP contribution >= 0.6 is 11.3 Å². The minimum atomic E-state index is -1.17. The summed E-state index contributed by atoms with van der Waals surface area (Å²) >= 11 is 1.34. The Balaban J connectivity index is 1.81. The normalized spacial score (nSPS) is 14.1. The van der Waals surface area contributed by atoms with Gasteiger partial charge in [-0.15, -0.1) is 11.3 Å². The SMILES string of the molecule is Cc1c(C(=O)N(C(=O)c2csc(N(CC(C)C)C3CC3)n2)[C@H]([C]=O)CC(C)C)n(C(=O)NN)c2ccccc12. The van der Waals surface area contributed by atoms with Crippen molar-refractivity contribution in [3.05, 3.63) is 46.6 Å². The van der Waals surface area contributed by atoms with Crippen molar-refractivity contribution in [2.24, 2.45) is 17.7 Å². The number of imide groups is 1. The number of amides is 3. The first kappa shape index (κ1) is 28.4. The second kappa shape index (κ2) is 11.7. The molecule has 1 aromatic carbocycles. The van der Waals surface area contributed by atoms with Gasteiger partial charge in [0.1, 0.15) is 17.4 Å². The number of rotatable bonds is 10. The Labute approximate surface area is 232 Å². The highest BCUT2D eigenvalue weighted by atomic mass is 32.1. The number of hydrogen-bond donors (Lipinski definition) is 2. The lowest BCUT2D eigenvalue weighted by molar-refractivity contribution is 0.0563. The number of nitrogens with zero attached hydrogens (tertiary/aromatic N) is 4. The molecular formula is C28H35N6O4S. The number of aryl methyl sites for hydroxylation is 1. The van der Waals surface area contributed by atoms with Gasteiger partial charge < -0.3 is 4.90 Å². The van der Waals surface area contributed by atoms with Crippen molar-refractivity contribution < 1.29 is 19.2 Å². The maximum atomic E-state index is 14.2.